The molecule has 0 N–H and O–H groups in total. The molecule has 1 unspecified atom stereocenters. The first-order valence-electron chi connectivity index (χ1n) is 7.87. The number of nitrogens with zero attached hydrogens (tertiary/aromatic N) is 2. The van der Waals surface area contributed by atoms with Crippen LogP contribution >= 0.6 is 11.6 Å². The second-order valence-corrected chi connectivity index (χ2v) is 6.30. The molecule has 0 radical (unpaired) electrons. The van der Waals surface area contributed by atoms with E-state index in [1.165, 1.54) is 11.1 Å². The number of hydrogen-bond donors (Lipinski definition) is 0. The third kappa shape index (κ3) is 2.60. The van der Waals surface area contributed by atoms with Gasteiger partial charge in [0.15, 0.2) is 0 Å². The van der Waals surface area contributed by atoms with Crippen molar-refractivity contribution in [1.29, 1.82) is 0 Å². The summed E-state index contributed by atoms with van der Waals surface area (Å²) in [6, 6.07) is 8.01. The molecule has 1 aromatic rings. The number of likely N-dealkylation sites (tertiary alicyclic amines) is 1. The van der Waals surface area contributed by atoms with Crippen LogP contribution in [0.15, 0.2) is 24.3 Å². The molecule has 0 bridgehead atoms. The molecule has 0 spiro atoms. The molecule has 4 nitrogen and oxygen atoms in total. The van der Waals surface area contributed by atoms with Gasteiger partial charge in [-0.05, 0) is 37.3 Å². The smallest absolute Gasteiger partial charge is 0.245 e. The summed E-state index contributed by atoms with van der Waals surface area (Å²) < 4.78 is 0. The summed E-state index contributed by atoms with van der Waals surface area (Å²) in [5.74, 6) is -0.122. The molecule has 2 heterocycles. The third-order valence-corrected chi connectivity index (χ3v) is 5.08. The van der Waals surface area contributed by atoms with E-state index in [9.17, 15) is 9.59 Å². The quantitative estimate of drug-likeness (QED) is 0.785. The third-order valence-electron chi connectivity index (χ3n) is 4.85. The highest BCUT2D eigenvalue weighted by Crippen LogP contribution is 2.31. The Bertz CT molecular complexity index is 590. The van der Waals surface area contributed by atoms with Crippen molar-refractivity contribution in [3.8, 4) is 0 Å². The van der Waals surface area contributed by atoms with E-state index < -0.39 is 0 Å². The van der Waals surface area contributed by atoms with Crippen LogP contribution in [0.25, 0.3) is 0 Å². The maximum Gasteiger partial charge on any atom is 0.245 e. The fourth-order valence-corrected chi connectivity index (χ4v) is 3.82. The number of benzene rings is 1. The second-order valence-electron chi connectivity index (χ2n) is 6.04. The molecule has 0 saturated carbocycles. The fraction of sp³-hybridized carbons (Fsp3) is 0.529. The molecule has 2 aliphatic rings. The molecule has 2 atom stereocenters. The fourth-order valence-electron chi connectivity index (χ4n) is 3.66. The van der Waals surface area contributed by atoms with Crippen LogP contribution in [0.3, 0.4) is 0 Å². The van der Waals surface area contributed by atoms with Gasteiger partial charge in [-0.3, -0.25) is 9.59 Å². The van der Waals surface area contributed by atoms with Crippen molar-refractivity contribution >= 4 is 23.4 Å². The Morgan fingerprint density at radius 3 is 2.77 bits per heavy atom. The Balaban J connectivity index is 1.80. The largest absolute Gasteiger partial charge is 0.334 e. The molecule has 1 aromatic carbocycles. The average Bonchev–Trinajstić information content (AvgIpc) is 3.04. The minimum Gasteiger partial charge on any atom is -0.334 e. The number of alkyl halides is 1. The van der Waals surface area contributed by atoms with E-state index in [0.717, 1.165) is 25.8 Å². The molecule has 5 heteroatoms. The lowest BCUT2D eigenvalue weighted by molar-refractivity contribution is -0.144. The van der Waals surface area contributed by atoms with E-state index in [2.05, 4.69) is 19.1 Å². The molecule has 0 aliphatic carbocycles. The van der Waals surface area contributed by atoms with Gasteiger partial charge < -0.3 is 9.80 Å². The first-order valence-corrected chi connectivity index (χ1v) is 8.40. The van der Waals surface area contributed by atoms with Crippen LogP contribution in [-0.4, -0.2) is 46.6 Å². The zero-order valence-corrected chi connectivity index (χ0v) is 13.6. The highest BCUT2D eigenvalue weighted by Gasteiger charge is 2.38. The number of halogens is 1. The van der Waals surface area contributed by atoms with Crippen molar-refractivity contribution in [3.63, 3.8) is 0 Å². The average molecular weight is 321 g/mol. The zero-order chi connectivity index (χ0) is 15.7. The lowest BCUT2D eigenvalue weighted by atomic mass is 9.93. The molecular formula is C17H21ClN2O2. The predicted molar refractivity (Wildman–Crippen MR) is 85.7 cm³/mol. The first-order chi connectivity index (χ1) is 10.6. The molecule has 0 aromatic heterocycles. The summed E-state index contributed by atoms with van der Waals surface area (Å²) in [4.78, 5) is 28.4. The van der Waals surface area contributed by atoms with Crippen molar-refractivity contribution in [2.24, 2.45) is 0 Å². The molecular weight excluding hydrogens is 300 g/mol. The number of carbonyl (C=O) groups excluding carboxylic acids is 2. The van der Waals surface area contributed by atoms with Crippen LogP contribution in [0.2, 0.25) is 0 Å². The summed E-state index contributed by atoms with van der Waals surface area (Å²) in [7, 11) is 0. The maximum atomic E-state index is 12.9. The van der Waals surface area contributed by atoms with Gasteiger partial charge in [0.2, 0.25) is 11.8 Å². The Morgan fingerprint density at radius 1 is 1.23 bits per heavy atom. The monoisotopic (exact) mass is 320 g/mol. The van der Waals surface area contributed by atoms with Crippen LogP contribution in [0.1, 0.15) is 36.9 Å². The zero-order valence-electron chi connectivity index (χ0n) is 12.8. The molecule has 118 valence electrons. The highest BCUT2D eigenvalue weighted by molar-refractivity contribution is 6.27. The van der Waals surface area contributed by atoms with Crippen molar-refractivity contribution in [2.75, 3.05) is 19.0 Å². The summed E-state index contributed by atoms with van der Waals surface area (Å²) in [6.45, 7) is 3.43. The second kappa shape index (κ2) is 6.29. The normalized spacial score (nSPS) is 24.3. The van der Waals surface area contributed by atoms with Gasteiger partial charge in [-0.15, -0.1) is 11.6 Å². The van der Waals surface area contributed by atoms with Gasteiger partial charge in [0.25, 0.3) is 0 Å². The molecule has 1 saturated heterocycles. The number of carbonyl (C=O) groups is 2. The predicted octanol–water partition coefficient (Wildman–Crippen LogP) is 2.36. The molecule has 3 rings (SSSR count). The minimum atomic E-state index is -0.334. The van der Waals surface area contributed by atoms with Crippen molar-refractivity contribution in [2.45, 2.75) is 38.3 Å². The van der Waals surface area contributed by atoms with Gasteiger partial charge in [-0.2, -0.15) is 0 Å². The number of rotatable bonds is 2. The Labute approximate surface area is 136 Å². The van der Waals surface area contributed by atoms with Gasteiger partial charge in [0.1, 0.15) is 11.9 Å². The topological polar surface area (TPSA) is 40.6 Å². The van der Waals surface area contributed by atoms with Crippen LogP contribution in [-0.2, 0) is 16.0 Å². The van der Waals surface area contributed by atoms with E-state index in [1.807, 2.05) is 17.0 Å². The summed E-state index contributed by atoms with van der Waals surface area (Å²) in [5, 5.41) is 0. The molecule has 1 fully saturated rings. The first kappa shape index (κ1) is 15.3. The van der Waals surface area contributed by atoms with Gasteiger partial charge in [-0.25, -0.2) is 0 Å². The van der Waals surface area contributed by atoms with E-state index in [1.54, 1.807) is 4.90 Å². The van der Waals surface area contributed by atoms with Gasteiger partial charge >= 0.3 is 0 Å². The van der Waals surface area contributed by atoms with Crippen LogP contribution in [0.5, 0.6) is 0 Å². The number of hydrogen-bond acceptors (Lipinski definition) is 2. The van der Waals surface area contributed by atoms with Crippen LogP contribution in [0, 0.1) is 0 Å². The highest BCUT2D eigenvalue weighted by atomic mass is 35.5. The summed E-state index contributed by atoms with van der Waals surface area (Å²) in [6.07, 6.45) is 2.49. The Hall–Kier alpha value is -1.55. The van der Waals surface area contributed by atoms with Crippen LogP contribution in [0.4, 0.5) is 0 Å². The van der Waals surface area contributed by atoms with Crippen molar-refractivity contribution in [3.05, 3.63) is 35.4 Å². The standard InChI is InChI=1S/C17H21ClN2O2/c1-12-14-6-3-2-5-13(14)8-10-19(12)17(22)15-7-4-9-20(15)16(21)11-18/h2-3,5-6,12,15H,4,7-11H2,1H3/t12?,15-/m0/s1. The van der Waals surface area contributed by atoms with E-state index in [-0.39, 0.29) is 29.8 Å². The van der Waals surface area contributed by atoms with Gasteiger partial charge in [0, 0.05) is 13.1 Å². The maximum absolute atomic E-state index is 12.9. The van der Waals surface area contributed by atoms with Crippen molar-refractivity contribution < 1.29 is 9.59 Å². The van der Waals surface area contributed by atoms with Gasteiger partial charge in [-0.1, -0.05) is 24.3 Å². The SMILES string of the molecule is CC1c2ccccc2CCN1C(=O)[C@@H]1CCCN1C(=O)CCl. The van der Waals surface area contributed by atoms with Gasteiger partial charge in [0.05, 0.1) is 6.04 Å². The summed E-state index contributed by atoms with van der Waals surface area (Å²) >= 11 is 5.67. The molecule has 22 heavy (non-hydrogen) atoms. The minimum absolute atomic E-state index is 0.0534. The van der Waals surface area contributed by atoms with Crippen LogP contribution < -0.4 is 0 Å². The van der Waals surface area contributed by atoms with E-state index in [0.29, 0.717) is 6.54 Å². The van der Waals surface area contributed by atoms with E-state index >= 15 is 0 Å². The molecule has 2 amide bonds. The lowest BCUT2D eigenvalue weighted by Gasteiger charge is -2.38. The summed E-state index contributed by atoms with van der Waals surface area (Å²) in [5.41, 5.74) is 2.54. The number of fused-ring (bicyclic) bond motifs is 1. The lowest BCUT2D eigenvalue weighted by Crippen LogP contribution is -2.50. The molecule has 2 aliphatic heterocycles. The Morgan fingerprint density at radius 2 is 2.00 bits per heavy atom. The number of amides is 2. The van der Waals surface area contributed by atoms with E-state index in [4.69, 9.17) is 11.6 Å². The van der Waals surface area contributed by atoms with Crippen molar-refractivity contribution in [1.82, 2.24) is 9.80 Å². The Kier molecular flexibility index (Phi) is 4.39.